The molecule has 1 amide bonds. The topological polar surface area (TPSA) is 38.3 Å². The quantitative estimate of drug-likeness (QED) is 0.853. The summed E-state index contributed by atoms with van der Waals surface area (Å²) >= 11 is 11.8. The molecule has 0 radical (unpaired) electrons. The second kappa shape index (κ2) is 6.64. The van der Waals surface area contributed by atoms with Crippen molar-refractivity contribution in [2.75, 3.05) is 12.4 Å². The summed E-state index contributed by atoms with van der Waals surface area (Å²) in [5.74, 6) is 0.812. The van der Waals surface area contributed by atoms with E-state index in [-0.39, 0.29) is 5.91 Å². The van der Waals surface area contributed by atoms with Crippen molar-refractivity contribution in [1.82, 2.24) is 0 Å². The molecule has 0 aliphatic carbocycles. The molecule has 0 unspecified atom stereocenters. The molecule has 0 bridgehead atoms. The lowest BCUT2D eigenvalue weighted by atomic mass is 10.1. The zero-order valence-electron chi connectivity index (χ0n) is 10.8. The Morgan fingerprint density at radius 2 is 1.90 bits per heavy atom. The van der Waals surface area contributed by atoms with E-state index in [2.05, 4.69) is 5.32 Å². The molecule has 0 spiro atoms. The van der Waals surface area contributed by atoms with Crippen LogP contribution in [0.4, 0.5) is 5.69 Å². The Morgan fingerprint density at radius 1 is 1.20 bits per heavy atom. The van der Waals surface area contributed by atoms with Crippen LogP contribution in [0.25, 0.3) is 0 Å². The Hall–Kier alpha value is -1.71. The molecular weight excluding hydrogens is 297 g/mol. The Bertz CT molecular complexity index is 612. The van der Waals surface area contributed by atoms with Gasteiger partial charge in [-0.25, -0.2) is 0 Å². The number of hydrogen-bond acceptors (Lipinski definition) is 2. The van der Waals surface area contributed by atoms with E-state index in [9.17, 15) is 4.79 Å². The van der Waals surface area contributed by atoms with Crippen LogP contribution in [0.2, 0.25) is 5.02 Å². The van der Waals surface area contributed by atoms with Gasteiger partial charge in [0.15, 0.2) is 0 Å². The minimum Gasteiger partial charge on any atom is -0.497 e. The maximum atomic E-state index is 12.1. The van der Waals surface area contributed by atoms with Gasteiger partial charge in [-0.3, -0.25) is 4.79 Å². The number of amides is 1. The molecule has 2 rings (SSSR count). The summed E-state index contributed by atoms with van der Waals surface area (Å²) in [5, 5.41) is 3.21. The van der Waals surface area contributed by atoms with Crippen molar-refractivity contribution in [3.05, 3.63) is 58.6 Å². The average Bonchev–Trinajstić information content (AvgIpc) is 2.49. The molecule has 0 saturated carbocycles. The Morgan fingerprint density at radius 3 is 2.50 bits per heavy atom. The predicted octanol–water partition coefficient (Wildman–Crippen LogP) is 4.34. The number of alkyl halides is 1. The number of nitrogens with one attached hydrogen (secondary N) is 1. The zero-order valence-corrected chi connectivity index (χ0v) is 12.3. The third kappa shape index (κ3) is 3.44. The number of carbonyl (C=O) groups is 1. The van der Waals surface area contributed by atoms with Crippen molar-refractivity contribution in [1.29, 1.82) is 0 Å². The third-order valence-corrected chi connectivity index (χ3v) is 3.43. The fourth-order valence-corrected chi connectivity index (χ4v) is 2.01. The normalized spacial score (nSPS) is 10.2. The fourth-order valence-electron chi connectivity index (χ4n) is 1.67. The van der Waals surface area contributed by atoms with E-state index < -0.39 is 0 Å². The molecule has 2 aromatic rings. The summed E-state index contributed by atoms with van der Waals surface area (Å²) in [6, 6.07) is 12.2. The first-order valence-corrected chi connectivity index (χ1v) is 6.85. The second-order valence-corrected chi connectivity index (χ2v) is 4.80. The zero-order chi connectivity index (χ0) is 14.5. The van der Waals surface area contributed by atoms with Crippen LogP contribution in [0.15, 0.2) is 42.5 Å². The van der Waals surface area contributed by atoms with Crippen LogP contribution in [0.3, 0.4) is 0 Å². The lowest BCUT2D eigenvalue weighted by molar-refractivity contribution is 0.102. The van der Waals surface area contributed by atoms with Crippen LogP contribution in [0, 0.1) is 0 Å². The van der Waals surface area contributed by atoms with E-state index in [4.69, 9.17) is 27.9 Å². The molecule has 5 heteroatoms. The summed E-state index contributed by atoms with van der Waals surface area (Å²) in [6.45, 7) is 0. The highest BCUT2D eigenvalue weighted by Gasteiger charge is 2.09. The number of hydrogen-bond donors (Lipinski definition) is 1. The van der Waals surface area contributed by atoms with Gasteiger partial charge in [0.2, 0.25) is 0 Å². The number of benzene rings is 2. The molecule has 20 heavy (non-hydrogen) atoms. The minimum absolute atomic E-state index is 0.235. The summed E-state index contributed by atoms with van der Waals surface area (Å²) in [5.41, 5.74) is 2.01. The number of halogens is 2. The van der Waals surface area contributed by atoms with E-state index in [1.165, 1.54) is 0 Å². The molecule has 0 fully saturated rings. The summed E-state index contributed by atoms with van der Waals surface area (Å²) in [6.07, 6.45) is 0. The highest BCUT2D eigenvalue weighted by molar-refractivity contribution is 6.34. The number of carbonyl (C=O) groups excluding carboxylic acids is 1. The molecule has 0 atom stereocenters. The summed E-state index contributed by atoms with van der Waals surface area (Å²) in [4.78, 5) is 12.1. The minimum atomic E-state index is -0.235. The van der Waals surface area contributed by atoms with Gasteiger partial charge < -0.3 is 10.1 Å². The Labute approximate surface area is 127 Å². The highest BCUT2D eigenvalue weighted by Crippen LogP contribution is 2.27. The van der Waals surface area contributed by atoms with Gasteiger partial charge in [0.25, 0.3) is 5.91 Å². The first-order chi connectivity index (χ1) is 9.63. The molecule has 104 valence electrons. The predicted molar refractivity (Wildman–Crippen MR) is 82.0 cm³/mol. The van der Waals surface area contributed by atoms with Gasteiger partial charge >= 0.3 is 0 Å². The van der Waals surface area contributed by atoms with Gasteiger partial charge in [-0.15, -0.1) is 11.6 Å². The van der Waals surface area contributed by atoms with Gasteiger partial charge in [0, 0.05) is 17.5 Å². The maximum Gasteiger partial charge on any atom is 0.255 e. The van der Waals surface area contributed by atoms with Gasteiger partial charge in [-0.05, 0) is 29.8 Å². The molecule has 2 aromatic carbocycles. The van der Waals surface area contributed by atoms with Crippen LogP contribution in [0.5, 0.6) is 5.75 Å². The van der Waals surface area contributed by atoms with Crippen molar-refractivity contribution < 1.29 is 9.53 Å². The molecular formula is C15H13Cl2NO2. The molecule has 0 heterocycles. The van der Waals surface area contributed by atoms with E-state index in [1.807, 2.05) is 12.1 Å². The third-order valence-electron chi connectivity index (χ3n) is 2.79. The van der Waals surface area contributed by atoms with E-state index in [0.29, 0.717) is 27.9 Å². The van der Waals surface area contributed by atoms with Crippen molar-refractivity contribution in [2.24, 2.45) is 0 Å². The SMILES string of the molecule is COc1ccc(Cl)c(NC(=O)c2ccc(CCl)cc2)c1. The maximum absolute atomic E-state index is 12.1. The molecule has 0 aliphatic heterocycles. The van der Waals surface area contributed by atoms with E-state index in [1.54, 1.807) is 37.4 Å². The number of methoxy groups -OCH3 is 1. The van der Waals surface area contributed by atoms with Crippen LogP contribution in [0.1, 0.15) is 15.9 Å². The highest BCUT2D eigenvalue weighted by atomic mass is 35.5. The first kappa shape index (κ1) is 14.7. The molecule has 3 nitrogen and oxygen atoms in total. The van der Waals surface area contributed by atoms with Crippen molar-refractivity contribution in [3.63, 3.8) is 0 Å². The lowest BCUT2D eigenvalue weighted by Crippen LogP contribution is -2.12. The van der Waals surface area contributed by atoms with E-state index >= 15 is 0 Å². The van der Waals surface area contributed by atoms with Gasteiger partial charge in [-0.2, -0.15) is 0 Å². The standard InChI is InChI=1S/C15H13Cl2NO2/c1-20-12-6-7-13(17)14(8-12)18-15(19)11-4-2-10(9-16)3-5-11/h2-8H,9H2,1H3,(H,18,19). The van der Waals surface area contributed by atoms with Crippen LogP contribution in [-0.4, -0.2) is 13.0 Å². The second-order valence-electron chi connectivity index (χ2n) is 4.13. The lowest BCUT2D eigenvalue weighted by Gasteiger charge is -2.09. The van der Waals surface area contributed by atoms with E-state index in [0.717, 1.165) is 5.56 Å². The molecule has 0 aliphatic rings. The molecule has 1 N–H and O–H groups in total. The van der Waals surface area contributed by atoms with Crippen LogP contribution >= 0.6 is 23.2 Å². The van der Waals surface area contributed by atoms with Crippen LogP contribution in [-0.2, 0) is 5.88 Å². The molecule has 0 saturated heterocycles. The largest absolute Gasteiger partial charge is 0.497 e. The Balaban J connectivity index is 2.18. The average molecular weight is 310 g/mol. The number of rotatable bonds is 4. The smallest absolute Gasteiger partial charge is 0.255 e. The Kier molecular flexibility index (Phi) is 4.88. The first-order valence-electron chi connectivity index (χ1n) is 5.94. The van der Waals surface area contributed by atoms with Crippen molar-refractivity contribution >= 4 is 34.8 Å². The molecule has 0 aromatic heterocycles. The summed E-state index contributed by atoms with van der Waals surface area (Å²) in [7, 11) is 1.56. The van der Waals surface area contributed by atoms with Crippen LogP contribution < -0.4 is 10.1 Å². The fraction of sp³-hybridized carbons (Fsp3) is 0.133. The van der Waals surface area contributed by atoms with Gasteiger partial charge in [0.1, 0.15) is 5.75 Å². The summed E-state index contributed by atoms with van der Waals surface area (Å²) < 4.78 is 5.10. The number of anilines is 1. The number of ether oxygens (including phenoxy) is 1. The van der Waals surface area contributed by atoms with Gasteiger partial charge in [0.05, 0.1) is 17.8 Å². The monoisotopic (exact) mass is 309 g/mol. The van der Waals surface area contributed by atoms with Gasteiger partial charge in [-0.1, -0.05) is 23.7 Å². The van der Waals surface area contributed by atoms with Crippen molar-refractivity contribution in [2.45, 2.75) is 5.88 Å². The van der Waals surface area contributed by atoms with Crippen molar-refractivity contribution in [3.8, 4) is 5.75 Å².